The fraction of sp³-hybridized carbons (Fsp3) is 0.636. The van der Waals surface area contributed by atoms with Crippen molar-refractivity contribution in [3.63, 3.8) is 0 Å². The predicted molar refractivity (Wildman–Crippen MR) is 116 cm³/mol. The number of carbonyl (C=O) groups excluding carboxylic acids is 2. The van der Waals surface area contributed by atoms with Crippen LogP contribution in [-0.4, -0.2) is 49.8 Å². The molecule has 8 nitrogen and oxygen atoms in total. The SMILES string of the molecule is Cc1cc2c(cc1S(=O)(=O)N1CCC[C@H](C(=O)NC3CCCCC3)C1)O[C@@H](C)C(=O)N2. The van der Waals surface area contributed by atoms with Crippen LogP contribution in [0.25, 0.3) is 0 Å². The second-order valence-electron chi connectivity index (χ2n) is 8.91. The molecular weight excluding hydrogens is 418 g/mol. The lowest BCUT2D eigenvalue weighted by atomic mass is 9.93. The molecule has 1 aromatic carbocycles. The highest BCUT2D eigenvalue weighted by Crippen LogP contribution is 2.36. The third kappa shape index (κ3) is 4.57. The molecule has 4 rings (SSSR count). The average Bonchev–Trinajstić information content (AvgIpc) is 2.75. The van der Waals surface area contributed by atoms with Crippen molar-refractivity contribution in [2.45, 2.75) is 75.8 Å². The van der Waals surface area contributed by atoms with E-state index in [2.05, 4.69) is 10.6 Å². The summed E-state index contributed by atoms with van der Waals surface area (Å²) >= 11 is 0. The van der Waals surface area contributed by atoms with Crippen LogP contribution in [-0.2, 0) is 19.6 Å². The number of carbonyl (C=O) groups is 2. The minimum absolute atomic E-state index is 0.0335. The molecule has 1 aromatic rings. The van der Waals surface area contributed by atoms with Gasteiger partial charge in [-0.3, -0.25) is 9.59 Å². The van der Waals surface area contributed by atoms with E-state index in [1.54, 1.807) is 19.9 Å². The van der Waals surface area contributed by atoms with E-state index < -0.39 is 16.1 Å². The summed E-state index contributed by atoms with van der Waals surface area (Å²) in [7, 11) is -3.80. The Morgan fingerprint density at radius 3 is 2.65 bits per heavy atom. The van der Waals surface area contributed by atoms with Crippen LogP contribution in [0.15, 0.2) is 17.0 Å². The third-order valence-electron chi connectivity index (χ3n) is 6.53. The summed E-state index contributed by atoms with van der Waals surface area (Å²) in [6.07, 6.45) is 6.15. The topological polar surface area (TPSA) is 105 Å². The van der Waals surface area contributed by atoms with E-state index in [4.69, 9.17) is 4.74 Å². The van der Waals surface area contributed by atoms with Gasteiger partial charge in [-0.15, -0.1) is 0 Å². The molecule has 2 N–H and O–H groups in total. The first-order chi connectivity index (χ1) is 14.8. The average molecular weight is 450 g/mol. The Hall–Kier alpha value is -2.13. The maximum atomic E-state index is 13.4. The van der Waals surface area contributed by atoms with Crippen LogP contribution in [0.4, 0.5) is 5.69 Å². The van der Waals surface area contributed by atoms with Crippen molar-refractivity contribution in [3.05, 3.63) is 17.7 Å². The molecule has 0 radical (unpaired) electrons. The summed E-state index contributed by atoms with van der Waals surface area (Å²) in [5, 5.41) is 5.89. The van der Waals surface area contributed by atoms with Crippen molar-refractivity contribution in [1.29, 1.82) is 0 Å². The van der Waals surface area contributed by atoms with Gasteiger partial charge in [0, 0.05) is 25.2 Å². The largest absolute Gasteiger partial charge is 0.479 e. The van der Waals surface area contributed by atoms with E-state index in [9.17, 15) is 18.0 Å². The van der Waals surface area contributed by atoms with E-state index in [-0.39, 0.29) is 35.2 Å². The van der Waals surface area contributed by atoms with Gasteiger partial charge in [0.25, 0.3) is 5.91 Å². The molecular formula is C22H31N3O5S. The lowest BCUT2D eigenvalue weighted by Gasteiger charge is -2.33. The van der Waals surface area contributed by atoms with Gasteiger partial charge >= 0.3 is 0 Å². The summed E-state index contributed by atoms with van der Waals surface area (Å²) in [4.78, 5) is 24.8. The molecule has 3 aliphatic rings. The Kier molecular flexibility index (Phi) is 6.25. The van der Waals surface area contributed by atoms with Gasteiger partial charge in [-0.05, 0) is 51.2 Å². The first-order valence-corrected chi connectivity index (χ1v) is 12.6. The van der Waals surface area contributed by atoms with Gasteiger partial charge in [-0.2, -0.15) is 4.31 Å². The highest BCUT2D eigenvalue weighted by molar-refractivity contribution is 7.89. The molecule has 0 spiro atoms. The molecule has 0 bridgehead atoms. The molecule has 2 amide bonds. The number of rotatable bonds is 4. The van der Waals surface area contributed by atoms with Crippen molar-refractivity contribution >= 4 is 27.5 Å². The Morgan fingerprint density at radius 1 is 1.16 bits per heavy atom. The Labute approximate surface area is 183 Å². The summed E-state index contributed by atoms with van der Waals surface area (Å²) < 4.78 is 33.9. The molecule has 2 fully saturated rings. The minimum atomic E-state index is -3.80. The highest BCUT2D eigenvalue weighted by Gasteiger charge is 2.36. The van der Waals surface area contributed by atoms with E-state index in [1.807, 2.05) is 0 Å². The van der Waals surface area contributed by atoms with E-state index in [1.165, 1.54) is 16.8 Å². The first kappa shape index (κ1) is 22.1. The van der Waals surface area contributed by atoms with Crippen LogP contribution in [0.1, 0.15) is 57.4 Å². The van der Waals surface area contributed by atoms with Gasteiger partial charge in [0.05, 0.1) is 16.5 Å². The molecule has 170 valence electrons. The number of ether oxygens (including phenoxy) is 1. The molecule has 1 aliphatic carbocycles. The van der Waals surface area contributed by atoms with Crippen molar-refractivity contribution in [1.82, 2.24) is 9.62 Å². The van der Waals surface area contributed by atoms with Gasteiger partial charge in [0.2, 0.25) is 15.9 Å². The van der Waals surface area contributed by atoms with E-state index in [0.717, 1.165) is 25.7 Å². The minimum Gasteiger partial charge on any atom is -0.479 e. The maximum absolute atomic E-state index is 13.4. The molecule has 1 saturated heterocycles. The van der Waals surface area contributed by atoms with E-state index >= 15 is 0 Å². The smallest absolute Gasteiger partial charge is 0.265 e. The molecule has 2 aliphatic heterocycles. The lowest BCUT2D eigenvalue weighted by molar-refractivity contribution is -0.127. The van der Waals surface area contributed by atoms with Crippen LogP contribution in [0, 0.1) is 12.8 Å². The van der Waals surface area contributed by atoms with Gasteiger partial charge < -0.3 is 15.4 Å². The molecule has 0 aromatic heterocycles. The number of hydrogen-bond acceptors (Lipinski definition) is 5. The fourth-order valence-corrected chi connectivity index (χ4v) is 6.45. The fourth-order valence-electron chi connectivity index (χ4n) is 4.70. The number of amides is 2. The number of nitrogens with zero attached hydrogens (tertiary/aromatic N) is 1. The summed E-state index contributed by atoms with van der Waals surface area (Å²) in [5.74, 6) is -0.280. The zero-order valence-corrected chi connectivity index (χ0v) is 19.0. The summed E-state index contributed by atoms with van der Waals surface area (Å²) in [6.45, 7) is 3.90. The van der Waals surface area contributed by atoms with Crippen molar-refractivity contribution in [2.24, 2.45) is 5.92 Å². The second kappa shape index (κ2) is 8.78. The van der Waals surface area contributed by atoms with Gasteiger partial charge in [-0.25, -0.2) is 8.42 Å². The molecule has 31 heavy (non-hydrogen) atoms. The van der Waals surface area contributed by atoms with Crippen molar-refractivity contribution < 1.29 is 22.7 Å². The quantitative estimate of drug-likeness (QED) is 0.735. The van der Waals surface area contributed by atoms with Crippen molar-refractivity contribution in [3.8, 4) is 5.75 Å². The maximum Gasteiger partial charge on any atom is 0.265 e. The zero-order chi connectivity index (χ0) is 22.2. The van der Waals surface area contributed by atoms with Crippen LogP contribution in [0.2, 0.25) is 0 Å². The summed E-state index contributed by atoms with van der Waals surface area (Å²) in [6, 6.07) is 3.33. The lowest BCUT2D eigenvalue weighted by Crippen LogP contribution is -2.48. The molecule has 2 atom stereocenters. The molecule has 1 saturated carbocycles. The van der Waals surface area contributed by atoms with Crippen LogP contribution >= 0.6 is 0 Å². The van der Waals surface area contributed by atoms with Crippen LogP contribution in [0.3, 0.4) is 0 Å². The number of aryl methyl sites for hydroxylation is 1. The highest BCUT2D eigenvalue weighted by atomic mass is 32.2. The van der Waals surface area contributed by atoms with Crippen LogP contribution < -0.4 is 15.4 Å². The van der Waals surface area contributed by atoms with E-state index in [0.29, 0.717) is 36.4 Å². The van der Waals surface area contributed by atoms with Crippen LogP contribution in [0.5, 0.6) is 5.75 Å². The number of benzene rings is 1. The van der Waals surface area contributed by atoms with Crippen molar-refractivity contribution in [2.75, 3.05) is 18.4 Å². The molecule has 0 unspecified atom stereocenters. The monoisotopic (exact) mass is 449 g/mol. The van der Waals surface area contributed by atoms with Gasteiger partial charge in [-0.1, -0.05) is 19.3 Å². The number of fused-ring (bicyclic) bond motifs is 1. The second-order valence-corrected chi connectivity index (χ2v) is 10.8. The Balaban J connectivity index is 1.51. The summed E-state index contributed by atoms with van der Waals surface area (Å²) in [5.41, 5.74) is 1.01. The Bertz CT molecular complexity index is 972. The number of sulfonamides is 1. The predicted octanol–water partition coefficient (Wildman–Crippen LogP) is 2.56. The number of piperidine rings is 1. The Morgan fingerprint density at radius 2 is 1.90 bits per heavy atom. The molecule has 2 heterocycles. The number of nitrogens with one attached hydrogen (secondary N) is 2. The van der Waals surface area contributed by atoms with Gasteiger partial charge in [0.15, 0.2) is 6.10 Å². The first-order valence-electron chi connectivity index (χ1n) is 11.2. The molecule has 9 heteroatoms. The zero-order valence-electron chi connectivity index (χ0n) is 18.1. The third-order valence-corrected chi connectivity index (χ3v) is 8.54. The standard InChI is InChI=1S/C22H31N3O5S/c1-14-11-18-19(30-15(2)21(26)24-18)12-20(14)31(28,29)25-10-6-7-16(13-25)22(27)23-17-8-4-3-5-9-17/h11-12,15-17H,3-10,13H2,1-2H3,(H,23,27)(H,24,26)/t15-,16-/m0/s1. The normalized spacial score (nSPS) is 25.3. The number of hydrogen-bond donors (Lipinski definition) is 2. The number of anilines is 1. The van der Waals surface area contributed by atoms with Gasteiger partial charge in [0.1, 0.15) is 5.75 Å².